The van der Waals surface area contributed by atoms with Crippen LogP contribution in [0.2, 0.25) is 0 Å². The number of hydrogen-bond donors (Lipinski definition) is 0. The highest BCUT2D eigenvalue weighted by Gasteiger charge is 2.34. The van der Waals surface area contributed by atoms with Crippen molar-refractivity contribution >= 4 is 22.7 Å². The summed E-state index contributed by atoms with van der Waals surface area (Å²) in [5.74, 6) is 0.200. The molecule has 3 aromatic heterocycles. The van der Waals surface area contributed by atoms with E-state index in [0.29, 0.717) is 11.4 Å². The number of hydrogen-bond acceptors (Lipinski definition) is 6. The lowest BCUT2D eigenvalue weighted by Gasteiger charge is -2.03. The third kappa shape index (κ3) is 3.25. The number of aryl methyl sites for hydroxylation is 3. The van der Waals surface area contributed by atoms with Gasteiger partial charge >= 0.3 is 6.18 Å². The number of nitrogens with zero attached hydrogens (tertiary/aromatic N) is 4. The normalized spacial score (nSPS) is 11.9. The summed E-state index contributed by atoms with van der Waals surface area (Å²) in [7, 11) is 0. The van der Waals surface area contributed by atoms with E-state index in [0.717, 1.165) is 32.3 Å². The second-order valence-corrected chi connectivity index (χ2v) is 6.96. The van der Waals surface area contributed by atoms with Gasteiger partial charge in [0.05, 0.1) is 21.3 Å². The van der Waals surface area contributed by atoms with E-state index in [4.69, 9.17) is 0 Å². The van der Waals surface area contributed by atoms with Crippen LogP contribution in [0.15, 0.2) is 11.4 Å². The first-order valence-electron chi connectivity index (χ1n) is 6.57. The second kappa shape index (κ2) is 5.64. The molecule has 0 aliphatic rings. The fourth-order valence-electron chi connectivity index (χ4n) is 2.06. The van der Waals surface area contributed by atoms with Crippen molar-refractivity contribution in [3.05, 3.63) is 33.5 Å². The van der Waals surface area contributed by atoms with Gasteiger partial charge in [0.25, 0.3) is 0 Å². The SMILES string of the molecule is Cc1cc(-c2sc(C)nc2C)nc(-c2nc(C(F)(F)F)cs2)n1. The van der Waals surface area contributed by atoms with Gasteiger partial charge in [-0.25, -0.2) is 19.9 Å². The van der Waals surface area contributed by atoms with Gasteiger partial charge in [0, 0.05) is 11.1 Å². The third-order valence-corrected chi connectivity index (χ3v) is 4.91. The summed E-state index contributed by atoms with van der Waals surface area (Å²) >= 11 is 2.37. The summed E-state index contributed by atoms with van der Waals surface area (Å²) in [4.78, 5) is 17.5. The van der Waals surface area contributed by atoms with Gasteiger partial charge in [-0.05, 0) is 26.8 Å². The molecule has 0 N–H and O–H groups in total. The highest BCUT2D eigenvalue weighted by molar-refractivity contribution is 7.15. The molecule has 0 bridgehead atoms. The molecule has 0 aliphatic heterocycles. The minimum absolute atomic E-state index is 0.154. The molecule has 0 saturated heterocycles. The van der Waals surface area contributed by atoms with Crippen LogP contribution in [0.3, 0.4) is 0 Å². The zero-order valence-electron chi connectivity index (χ0n) is 12.4. The van der Waals surface area contributed by atoms with Crippen LogP contribution >= 0.6 is 22.7 Å². The van der Waals surface area contributed by atoms with E-state index < -0.39 is 11.9 Å². The topological polar surface area (TPSA) is 51.6 Å². The summed E-state index contributed by atoms with van der Waals surface area (Å²) in [5.41, 5.74) is 1.24. The van der Waals surface area contributed by atoms with E-state index in [9.17, 15) is 13.2 Å². The first-order valence-corrected chi connectivity index (χ1v) is 8.27. The molecule has 0 fully saturated rings. The Morgan fingerprint density at radius 1 is 1.00 bits per heavy atom. The van der Waals surface area contributed by atoms with Crippen molar-refractivity contribution in [2.24, 2.45) is 0 Å². The first kappa shape index (κ1) is 16.0. The van der Waals surface area contributed by atoms with Crippen molar-refractivity contribution < 1.29 is 13.2 Å². The van der Waals surface area contributed by atoms with Crippen molar-refractivity contribution in [1.29, 1.82) is 0 Å². The van der Waals surface area contributed by atoms with Crippen LogP contribution in [0.25, 0.3) is 21.4 Å². The van der Waals surface area contributed by atoms with E-state index in [1.807, 2.05) is 13.8 Å². The fraction of sp³-hybridized carbons (Fsp3) is 0.286. The fourth-order valence-corrected chi connectivity index (χ4v) is 3.69. The quantitative estimate of drug-likeness (QED) is 0.670. The van der Waals surface area contributed by atoms with E-state index in [2.05, 4.69) is 19.9 Å². The molecule has 0 saturated carbocycles. The minimum Gasteiger partial charge on any atom is -0.246 e. The molecule has 0 aromatic carbocycles. The van der Waals surface area contributed by atoms with Gasteiger partial charge in [0.15, 0.2) is 16.5 Å². The summed E-state index contributed by atoms with van der Waals surface area (Å²) < 4.78 is 38.1. The van der Waals surface area contributed by atoms with Crippen molar-refractivity contribution in [2.75, 3.05) is 0 Å². The molecule has 4 nitrogen and oxygen atoms in total. The van der Waals surface area contributed by atoms with Crippen LogP contribution < -0.4 is 0 Å². The lowest BCUT2D eigenvalue weighted by molar-refractivity contribution is -0.140. The largest absolute Gasteiger partial charge is 0.434 e. The van der Waals surface area contributed by atoms with Gasteiger partial charge in [0.2, 0.25) is 0 Å². The molecule has 0 aliphatic carbocycles. The van der Waals surface area contributed by atoms with Gasteiger partial charge in [0.1, 0.15) is 0 Å². The van der Waals surface area contributed by atoms with Gasteiger partial charge < -0.3 is 0 Å². The maximum Gasteiger partial charge on any atom is 0.434 e. The molecular weight excluding hydrogens is 345 g/mol. The lowest BCUT2D eigenvalue weighted by atomic mass is 10.2. The maximum atomic E-state index is 12.7. The Hall–Kier alpha value is -1.87. The summed E-state index contributed by atoms with van der Waals surface area (Å²) in [6, 6.07) is 1.79. The average molecular weight is 356 g/mol. The number of halogens is 3. The predicted molar refractivity (Wildman–Crippen MR) is 83.5 cm³/mol. The molecule has 0 amide bonds. The summed E-state index contributed by atoms with van der Waals surface area (Å²) in [6.07, 6.45) is -4.47. The van der Waals surface area contributed by atoms with Crippen molar-refractivity contribution in [2.45, 2.75) is 26.9 Å². The molecule has 3 aromatic rings. The molecule has 23 heavy (non-hydrogen) atoms. The molecule has 3 heterocycles. The number of thiazole rings is 2. The number of alkyl halides is 3. The molecule has 120 valence electrons. The van der Waals surface area contributed by atoms with E-state index >= 15 is 0 Å². The highest BCUT2D eigenvalue weighted by Crippen LogP contribution is 2.34. The van der Waals surface area contributed by atoms with Crippen LogP contribution in [0.1, 0.15) is 22.1 Å². The van der Waals surface area contributed by atoms with Gasteiger partial charge in [-0.3, -0.25) is 0 Å². The highest BCUT2D eigenvalue weighted by atomic mass is 32.1. The molecular formula is C14H11F3N4S2. The first-order chi connectivity index (χ1) is 10.7. The maximum absolute atomic E-state index is 12.7. The Balaban J connectivity index is 2.08. The van der Waals surface area contributed by atoms with Crippen LogP contribution in [-0.4, -0.2) is 19.9 Å². The van der Waals surface area contributed by atoms with Crippen LogP contribution in [0.4, 0.5) is 13.2 Å². The van der Waals surface area contributed by atoms with E-state index in [-0.39, 0.29) is 10.8 Å². The number of aromatic nitrogens is 4. The molecule has 9 heteroatoms. The van der Waals surface area contributed by atoms with Gasteiger partial charge in [-0.15, -0.1) is 22.7 Å². The Morgan fingerprint density at radius 3 is 2.30 bits per heavy atom. The molecule has 3 rings (SSSR count). The van der Waals surface area contributed by atoms with Gasteiger partial charge in [-0.1, -0.05) is 0 Å². The second-order valence-electron chi connectivity index (χ2n) is 4.90. The standard InChI is InChI=1S/C14H11F3N4S2/c1-6-4-9(11-7(2)19-8(3)23-11)20-12(18-6)13-21-10(5-22-13)14(15,16)17/h4-5H,1-3H3. The van der Waals surface area contributed by atoms with Gasteiger partial charge in [-0.2, -0.15) is 13.2 Å². The van der Waals surface area contributed by atoms with Crippen molar-refractivity contribution in [3.63, 3.8) is 0 Å². The Bertz CT molecular complexity index is 867. The molecule has 0 unspecified atom stereocenters. The Labute approximate surface area is 138 Å². The van der Waals surface area contributed by atoms with Crippen LogP contribution in [-0.2, 0) is 6.18 Å². The molecule has 0 radical (unpaired) electrons. The van der Waals surface area contributed by atoms with Crippen molar-refractivity contribution in [1.82, 2.24) is 19.9 Å². The smallest absolute Gasteiger partial charge is 0.246 e. The molecule has 0 spiro atoms. The lowest BCUT2D eigenvalue weighted by Crippen LogP contribution is -2.05. The van der Waals surface area contributed by atoms with E-state index in [1.165, 1.54) is 11.3 Å². The monoisotopic (exact) mass is 356 g/mol. The minimum atomic E-state index is -4.47. The summed E-state index contributed by atoms with van der Waals surface area (Å²) in [6.45, 7) is 5.55. The zero-order chi connectivity index (χ0) is 16.8. The predicted octanol–water partition coefficient (Wildman–Crippen LogP) is 4.67. The van der Waals surface area contributed by atoms with Crippen LogP contribution in [0.5, 0.6) is 0 Å². The Kier molecular flexibility index (Phi) is 3.93. The van der Waals surface area contributed by atoms with E-state index in [1.54, 1.807) is 13.0 Å². The van der Waals surface area contributed by atoms with Crippen LogP contribution in [0, 0.1) is 20.8 Å². The Morgan fingerprint density at radius 2 is 1.74 bits per heavy atom. The zero-order valence-corrected chi connectivity index (χ0v) is 14.0. The number of rotatable bonds is 2. The van der Waals surface area contributed by atoms with Crippen molar-refractivity contribution in [3.8, 4) is 21.4 Å². The molecule has 0 atom stereocenters. The average Bonchev–Trinajstić information content (AvgIpc) is 3.04. The third-order valence-electron chi connectivity index (χ3n) is 2.98. The summed E-state index contributed by atoms with van der Waals surface area (Å²) in [5, 5.41) is 2.04.